The SMILES string of the molecule is CN(C)C(=O)N(C)/C(Cl)=C/c1ccccc1. The molecule has 0 N–H and O–H groups in total. The molecular formula is C12H15ClN2O. The molecule has 2 amide bonds. The molecule has 86 valence electrons. The number of urea groups is 1. The molecule has 0 atom stereocenters. The lowest BCUT2D eigenvalue weighted by molar-refractivity contribution is 0.195. The van der Waals surface area contributed by atoms with E-state index in [1.54, 1.807) is 27.2 Å². The Labute approximate surface area is 101 Å². The van der Waals surface area contributed by atoms with Gasteiger partial charge in [-0.15, -0.1) is 0 Å². The van der Waals surface area contributed by atoms with Gasteiger partial charge in [-0.05, 0) is 11.6 Å². The summed E-state index contributed by atoms with van der Waals surface area (Å²) in [4.78, 5) is 14.5. The third kappa shape index (κ3) is 3.28. The number of amides is 2. The zero-order valence-electron chi connectivity index (χ0n) is 9.64. The molecule has 4 heteroatoms. The van der Waals surface area contributed by atoms with Gasteiger partial charge < -0.3 is 4.90 Å². The highest BCUT2D eigenvalue weighted by molar-refractivity contribution is 6.32. The van der Waals surface area contributed by atoms with Crippen molar-refractivity contribution in [1.29, 1.82) is 0 Å². The zero-order chi connectivity index (χ0) is 12.1. The minimum atomic E-state index is -0.155. The number of rotatable bonds is 2. The number of nitrogens with zero attached hydrogens (tertiary/aromatic N) is 2. The van der Waals surface area contributed by atoms with E-state index in [0.717, 1.165) is 5.56 Å². The average molecular weight is 239 g/mol. The van der Waals surface area contributed by atoms with Crippen LogP contribution in [0.2, 0.25) is 0 Å². The number of hydrogen-bond donors (Lipinski definition) is 0. The van der Waals surface area contributed by atoms with Crippen molar-refractivity contribution in [2.75, 3.05) is 21.1 Å². The minimum Gasteiger partial charge on any atom is -0.330 e. The molecule has 0 spiro atoms. The third-order valence-electron chi connectivity index (χ3n) is 2.08. The molecular weight excluding hydrogens is 224 g/mol. The first-order chi connectivity index (χ1) is 7.52. The first kappa shape index (κ1) is 12.6. The number of carbonyl (C=O) groups is 1. The van der Waals surface area contributed by atoms with Crippen molar-refractivity contribution in [2.24, 2.45) is 0 Å². The Kier molecular flexibility index (Phi) is 4.38. The summed E-state index contributed by atoms with van der Waals surface area (Å²) in [6, 6.07) is 9.47. The van der Waals surface area contributed by atoms with Gasteiger partial charge >= 0.3 is 6.03 Å². The average Bonchev–Trinajstić information content (AvgIpc) is 2.28. The van der Waals surface area contributed by atoms with Crippen molar-refractivity contribution < 1.29 is 4.79 Å². The molecule has 1 rings (SSSR count). The Balaban J connectivity index is 2.82. The number of hydrogen-bond acceptors (Lipinski definition) is 1. The van der Waals surface area contributed by atoms with Crippen molar-refractivity contribution in [1.82, 2.24) is 9.80 Å². The van der Waals surface area contributed by atoms with Gasteiger partial charge in [-0.3, -0.25) is 4.90 Å². The van der Waals surface area contributed by atoms with Crippen LogP contribution >= 0.6 is 11.6 Å². The summed E-state index contributed by atoms with van der Waals surface area (Å²) < 4.78 is 0. The molecule has 0 aliphatic rings. The maximum absolute atomic E-state index is 11.6. The lowest BCUT2D eigenvalue weighted by atomic mass is 10.2. The van der Waals surface area contributed by atoms with Gasteiger partial charge in [0.1, 0.15) is 5.16 Å². The van der Waals surface area contributed by atoms with Crippen LogP contribution in [0.25, 0.3) is 6.08 Å². The van der Waals surface area contributed by atoms with E-state index in [2.05, 4.69) is 0 Å². The molecule has 0 radical (unpaired) electrons. The van der Waals surface area contributed by atoms with E-state index < -0.39 is 0 Å². The van der Waals surface area contributed by atoms with E-state index in [9.17, 15) is 4.79 Å². The van der Waals surface area contributed by atoms with Crippen LogP contribution in [0.5, 0.6) is 0 Å². The summed E-state index contributed by atoms with van der Waals surface area (Å²) in [5.74, 6) is 0. The van der Waals surface area contributed by atoms with Crippen LogP contribution in [0.4, 0.5) is 4.79 Å². The van der Waals surface area contributed by atoms with E-state index in [0.29, 0.717) is 5.16 Å². The van der Waals surface area contributed by atoms with Crippen LogP contribution in [-0.2, 0) is 0 Å². The molecule has 0 fully saturated rings. The van der Waals surface area contributed by atoms with Crippen molar-refractivity contribution >= 4 is 23.7 Å². The highest BCUT2D eigenvalue weighted by atomic mass is 35.5. The largest absolute Gasteiger partial charge is 0.330 e. The van der Waals surface area contributed by atoms with E-state index in [4.69, 9.17) is 11.6 Å². The second-order valence-electron chi connectivity index (χ2n) is 3.61. The standard InChI is InChI=1S/C12H15ClN2O/c1-14(2)12(16)15(3)11(13)9-10-7-5-4-6-8-10/h4-9H,1-3H3/b11-9+. The topological polar surface area (TPSA) is 23.6 Å². The van der Waals surface area contributed by atoms with Gasteiger partial charge in [0.05, 0.1) is 0 Å². The van der Waals surface area contributed by atoms with Crippen LogP contribution in [0.1, 0.15) is 5.56 Å². The van der Waals surface area contributed by atoms with Crippen molar-refractivity contribution in [3.05, 3.63) is 41.1 Å². The van der Waals surface area contributed by atoms with Gasteiger partial charge in [-0.25, -0.2) is 4.79 Å². The fraction of sp³-hybridized carbons (Fsp3) is 0.250. The lowest BCUT2D eigenvalue weighted by Gasteiger charge is -2.20. The summed E-state index contributed by atoms with van der Waals surface area (Å²) in [5, 5.41) is 0.393. The highest BCUT2D eigenvalue weighted by Gasteiger charge is 2.13. The zero-order valence-corrected chi connectivity index (χ0v) is 10.4. The van der Waals surface area contributed by atoms with Gasteiger partial charge in [-0.2, -0.15) is 0 Å². The summed E-state index contributed by atoms with van der Waals surface area (Å²) >= 11 is 6.04. The van der Waals surface area contributed by atoms with Crippen molar-refractivity contribution in [3.8, 4) is 0 Å². The number of halogens is 1. The molecule has 0 saturated heterocycles. The molecule has 0 saturated carbocycles. The molecule has 0 aliphatic carbocycles. The Morgan fingerprint density at radius 3 is 2.25 bits per heavy atom. The fourth-order valence-electron chi connectivity index (χ4n) is 1.17. The van der Waals surface area contributed by atoms with Gasteiger partial charge in [0, 0.05) is 21.1 Å². The predicted octanol–water partition coefficient (Wildman–Crippen LogP) is 2.84. The Hall–Kier alpha value is -1.48. The van der Waals surface area contributed by atoms with Crippen LogP contribution in [-0.4, -0.2) is 37.0 Å². The second-order valence-corrected chi connectivity index (χ2v) is 4.00. The molecule has 1 aromatic rings. The molecule has 0 unspecified atom stereocenters. The van der Waals surface area contributed by atoms with Crippen LogP contribution in [0.15, 0.2) is 35.5 Å². The van der Waals surface area contributed by atoms with E-state index in [1.807, 2.05) is 30.3 Å². The van der Waals surface area contributed by atoms with Gasteiger partial charge in [0.15, 0.2) is 0 Å². The van der Waals surface area contributed by atoms with Crippen molar-refractivity contribution in [2.45, 2.75) is 0 Å². The molecule has 16 heavy (non-hydrogen) atoms. The number of carbonyl (C=O) groups excluding carboxylic acids is 1. The molecule has 0 aromatic heterocycles. The summed E-state index contributed by atoms with van der Waals surface area (Å²) in [7, 11) is 5.02. The third-order valence-corrected chi connectivity index (χ3v) is 2.44. The summed E-state index contributed by atoms with van der Waals surface area (Å²) in [6.45, 7) is 0. The molecule has 3 nitrogen and oxygen atoms in total. The lowest BCUT2D eigenvalue weighted by Crippen LogP contribution is -2.34. The van der Waals surface area contributed by atoms with Crippen molar-refractivity contribution in [3.63, 3.8) is 0 Å². The van der Waals surface area contributed by atoms with Crippen LogP contribution in [0.3, 0.4) is 0 Å². The Morgan fingerprint density at radius 2 is 1.75 bits per heavy atom. The first-order valence-electron chi connectivity index (χ1n) is 4.89. The van der Waals surface area contributed by atoms with Crippen LogP contribution in [0, 0.1) is 0 Å². The second kappa shape index (κ2) is 5.56. The smallest absolute Gasteiger partial charge is 0.324 e. The molecule has 0 heterocycles. The quantitative estimate of drug-likeness (QED) is 0.727. The van der Waals surface area contributed by atoms with Gasteiger partial charge in [0.2, 0.25) is 0 Å². The number of benzene rings is 1. The Bertz CT molecular complexity index is 387. The summed E-state index contributed by atoms with van der Waals surface area (Å²) in [5.41, 5.74) is 0.964. The minimum absolute atomic E-state index is 0.155. The maximum Gasteiger partial charge on any atom is 0.324 e. The maximum atomic E-state index is 11.6. The summed E-state index contributed by atoms with van der Waals surface area (Å²) in [6.07, 6.45) is 1.75. The van der Waals surface area contributed by atoms with Gasteiger partial charge in [-0.1, -0.05) is 41.9 Å². The van der Waals surface area contributed by atoms with E-state index in [1.165, 1.54) is 9.80 Å². The molecule has 0 aliphatic heterocycles. The van der Waals surface area contributed by atoms with Gasteiger partial charge in [0.25, 0.3) is 0 Å². The van der Waals surface area contributed by atoms with E-state index in [-0.39, 0.29) is 6.03 Å². The van der Waals surface area contributed by atoms with E-state index >= 15 is 0 Å². The van der Waals surface area contributed by atoms with Crippen LogP contribution < -0.4 is 0 Å². The Morgan fingerprint density at radius 1 is 1.19 bits per heavy atom. The molecule has 1 aromatic carbocycles. The normalized spacial score (nSPS) is 11.1. The monoisotopic (exact) mass is 238 g/mol. The first-order valence-corrected chi connectivity index (χ1v) is 5.27. The highest BCUT2D eigenvalue weighted by Crippen LogP contribution is 2.14. The predicted molar refractivity (Wildman–Crippen MR) is 67.1 cm³/mol. The fourth-order valence-corrected chi connectivity index (χ4v) is 1.37. The molecule has 0 bridgehead atoms.